The number of nitrogens with zero attached hydrogens (tertiary/aromatic N) is 2. The van der Waals surface area contributed by atoms with Crippen molar-refractivity contribution in [1.82, 2.24) is 14.9 Å². The number of aromatic amines is 1. The quantitative estimate of drug-likeness (QED) is 0.764. The summed E-state index contributed by atoms with van der Waals surface area (Å²) in [5.74, 6) is 0.105. The molecule has 134 valence electrons. The second-order valence-corrected chi connectivity index (χ2v) is 7.17. The maximum atomic E-state index is 12.7. The Bertz CT molecular complexity index is 922. The molecule has 2 aromatic heterocycles. The van der Waals surface area contributed by atoms with Crippen LogP contribution in [0.1, 0.15) is 29.7 Å². The second kappa shape index (κ2) is 6.57. The fourth-order valence-electron chi connectivity index (χ4n) is 3.68. The van der Waals surface area contributed by atoms with Gasteiger partial charge in [0.25, 0.3) is 0 Å². The monoisotopic (exact) mass is 349 g/mol. The van der Waals surface area contributed by atoms with E-state index in [4.69, 9.17) is 0 Å². The lowest BCUT2D eigenvalue weighted by molar-refractivity contribution is -0.135. The number of carbonyl (C=O) groups excluding carboxylic acids is 1. The maximum absolute atomic E-state index is 12.7. The molecule has 0 atom stereocenters. The third-order valence-corrected chi connectivity index (χ3v) is 5.35. The highest BCUT2D eigenvalue weighted by molar-refractivity contribution is 5.88. The molecule has 5 nitrogen and oxygen atoms in total. The van der Waals surface area contributed by atoms with Gasteiger partial charge in [-0.05, 0) is 43.0 Å². The van der Waals surface area contributed by atoms with Crippen LogP contribution in [0.2, 0.25) is 0 Å². The Balaban J connectivity index is 1.42. The number of hydrogen-bond acceptors (Lipinski definition) is 3. The molecule has 0 unspecified atom stereocenters. The molecule has 1 aliphatic heterocycles. The number of fused-ring (bicyclic) bond motifs is 1. The smallest absolute Gasteiger partial charge is 0.227 e. The molecule has 0 spiro atoms. The fourth-order valence-corrected chi connectivity index (χ4v) is 3.68. The van der Waals surface area contributed by atoms with Gasteiger partial charge in [-0.3, -0.25) is 9.78 Å². The summed E-state index contributed by atoms with van der Waals surface area (Å²) in [6, 6.07) is 11.9. The van der Waals surface area contributed by atoms with Gasteiger partial charge in [0.05, 0.1) is 12.1 Å². The van der Waals surface area contributed by atoms with E-state index in [2.05, 4.69) is 9.97 Å². The summed E-state index contributed by atoms with van der Waals surface area (Å²) in [4.78, 5) is 22.2. The number of para-hydroxylation sites is 1. The number of aliphatic hydroxyl groups is 1. The summed E-state index contributed by atoms with van der Waals surface area (Å²) in [6.45, 7) is 3.08. The van der Waals surface area contributed by atoms with E-state index in [1.807, 2.05) is 54.4 Å². The Morgan fingerprint density at radius 2 is 2.00 bits per heavy atom. The van der Waals surface area contributed by atoms with Crippen molar-refractivity contribution in [2.45, 2.75) is 31.8 Å². The molecule has 0 aliphatic carbocycles. The standard InChI is InChI=1S/C21H23N3O2/c1-15-6-7-19(23-13-15)21(26)8-10-24(11-9-21)20(25)12-16-14-22-18-5-3-2-4-17(16)18/h2-7,13-14,22,26H,8-12H2,1H3. The molecule has 1 fully saturated rings. The number of aromatic nitrogens is 2. The van der Waals surface area contributed by atoms with E-state index in [0.29, 0.717) is 38.0 Å². The summed E-state index contributed by atoms with van der Waals surface area (Å²) >= 11 is 0. The van der Waals surface area contributed by atoms with Crippen LogP contribution in [0.25, 0.3) is 10.9 Å². The van der Waals surface area contributed by atoms with E-state index in [9.17, 15) is 9.90 Å². The van der Waals surface area contributed by atoms with Gasteiger partial charge in [0.2, 0.25) is 5.91 Å². The summed E-state index contributed by atoms with van der Waals surface area (Å²) in [5.41, 5.74) is 2.90. The normalized spacial score (nSPS) is 16.8. The number of piperidine rings is 1. The number of aryl methyl sites for hydroxylation is 1. The van der Waals surface area contributed by atoms with Crippen molar-refractivity contribution >= 4 is 16.8 Å². The number of carbonyl (C=O) groups is 1. The molecule has 0 radical (unpaired) electrons. The molecule has 1 amide bonds. The Morgan fingerprint density at radius 3 is 2.73 bits per heavy atom. The maximum Gasteiger partial charge on any atom is 0.227 e. The second-order valence-electron chi connectivity index (χ2n) is 7.17. The summed E-state index contributed by atoms with van der Waals surface area (Å²) in [6.07, 6.45) is 5.11. The van der Waals surface area contributed by atoms with Crippen molar-refractivity contribution < 1.29 is 9.90 Å². The molecular formula is C21H23N3O2. The summed E-state index contributed by atoms with van der Waals surface area (Å²) < 4.78 is 0. The first-order valence-corrected chi connectivity index (χ1v) is 9.03. The zero-order valence-corrected chi connectivity index (χ0v) is 14.9. The van der Waals surface area contributed by atoms with Crippen LogP contribution in [0.15, 0.2) is 48.8 Å². The van der Waals surface area contributed by atoms with Crippen LogP contribution in [0.4, 0.5) is 0 Å². The number of benzene rings is 1. The molecule has 1 aromatic carbocycles. The number of hydrogen-bond donors (Lipinski definition) is 2. The van der Waals surface area contributed by atoms with Crippen molar-refractivity contribution in [2.75, 3.05) is 13.1 Å². The first-order valence-electron chi connectivity index (χ1n) is 9.03. The molecule has 1 saturated heterocycles. The lowest BCUT2D eigenvalue weighted by Crippen LogP contribution is -2.46. The van der Waals surface area contributed by atoms with Gasteiger partial charge in [0.15, 0.2) is 0 Å². The molecule has 3 aromatic rings. The number of rotatable bonds is 3. The number of pyridine rings is 1. The fraction of sp³-hybridized carbons (Fsp3) is 0.333. The topological polar surface area (TPSA) is 69.2 Å². The largest absolute Gasteiger partial charge is 0.383 e. The van der Waals surface area contributed by atoms with Crippen molar-refractivity contribution in [3.05, 3.63) is 65.6 Å². The highest BCUT2D eigenvalue weighted by Gasteiger charge is 2.36. The van der Waals surface area contributed by atoms with Crippen LogP contribution in [0.3, 0.4) is 0 Å². The third-order valence-electron chi connectivity index (χ3n) is 5.35. The molecule has 0 bridgehead atoms. The lowest BCUT2D eigenvalue weighted by Gasteiger charge is -2.37. The Kier molecular flexibility index (Phi) is 4.24. The molecule has 1 aliphatic rings. The minimum Gasteiger partial charge on any atom is -0.383 e. The van der Waals surface area contributed by atoms with Crippen molar-refractivity contribution in [2.24, 2.45) is 0 Å². The van der Waals surface area contributed by atoms with Gasteiger partial charge in [0.1, 0.15) is 5.60 Å². The minimum atomic E-state index is -0.939. The van der Waals surface area contributed by atoms with Crippen LogP contribution >= 0.6 is 0 Å². The Morgan fingerprint density at radius 1 is 1.23 bits per heavy atom. The predicted octanol–water partition coefficient (Wildman–Crippen LogP) is 2.92. The zero-order valence-electron chi connectivity index (χ0n) is 14.9. The van der Waals surface area contributed by atoms with Crippen LogP contribution in [0.5, 0.6) is 0 Å². The van der Waals surface area contributed by atoms with E-state index in [1.54, 1.807) is 6.20 Å². The summed E-state index contributed by atoms with van der Waals surface area (Å²) in [5, 5.41) is 12.0. The van der Waals surface area contributed by atoms with Gasteiger partial charge < -0.3 is 15.0 Å². The SMILES string of the molecule is Cc1ccc(C2(O)CCN(C(=O)Cc3c[nH]c4ccccc34)CC2)nc1. The predicted molar refractivity (Wildman–Crippen MR) is 101 cm³/mol. The van der Waals surface area contributed by atoms with Crippen molar-refractivity contribution in [3.63, 3.8) is 0 Å². The van der Waals surface area contributed by atoms with Gasteiger partial charge in [0, 0.05) is 36.4 Å². The minimum absolute atomic E-state index is 0.105. The van der Waals surface area contributed by atoms with E-state index in [-0.39, 0.29) is 5.91 Å². The van der Waals surface area contributed by atoms with E-state index in [0.717, 1.165) is 22.0 Å². The van der Waals surface area contributed by atoms with Crippen LogP contribution < -0.4 is 0 Å². The Labute approximate surface area is 152 Å². The lowest BCUT2D eigenvalue weighted by atomic mass is 9.87. The highest BCUT2D eigenvalue weighted by Crippen LogP contribution is 2.32. The number of likely N-dealkylation sites (tertiary alicyclic amines) is 1. The van der Waals surface area contributed by atoms with Gasteiger partial charge in [-0.2, -0.15) is 0 Å². The average molecular weight is 349 g/mol. The molecule has 2 N–H and O–H groups in total. The van der Waals surface area contributed by atoms with Crippen molar-refractivity contribution in [3.8, 4) is 0 Å². The number of amides is 1. The summed E-state index contributed by atoms with van der Waals surface area (Å²) in [7, 11) is 0. The van der Waals surface area contributed by atoms with Gasteiger partial charge in [-0.25, -0.2) is 0 Å². The van der Waals surface area contributed by atoms with Crippen LogP contribution in [-0.4, -0.2) is 39.0 Å². The molecular weight excluding hydrogens is 326 g/mol. The molecule has 3 heterocycles. The zero-order chi connectivity index (χ0) is 18.1. The first-order chi connectivity index (χ1) is 12.5. The van der Waals surface area contributed by atoms with Crippen molar-refractivity contribution in [1.29, 1.82) is 0 Å². The molecule has 5 heteroatoms. The van der Waals surface area contributed by atoms with Gasteiger partial charge >= 0.3 is 0 Å². The number of H-pyrrole nitrogens is 1. The van der Waals surface area contributed by atoms with Crippen LogP contribution in [0, 0.1) is 6.92 Å². The molecule has 26 heavy (non-hydrogen) atoms. The van der Waals surface area contributed by atoms with E-state index in [1.165, 1.54) is 0 Å². The first kappa shape index (κ1) is 16.8. The third kappa shape index (κ3) is 3.10. The van der Waals surface area contributed by atoms with E-state index >= 15 is 0 Å². The number of nitrogens with one attached hydrogen (secondary N) is 1. The van der Waals surface area contributed by atoms with Gasteiger partial charge in [-0.15, -0.1) is 0 Å². The van der Waals surface area contributed by atoms with E-state index < -0.39 is 5.60 Å². The molecule has 0 saturated carbocycles. The highest BCUT2D eigenvalue weighted by atomic mass is 16.3. The average Bonchev–Trinajstić information content (AvgIpc) is 3.06. The van der Waals surface area contributed by atoms with Gasteiger partial charge in [-0.1, -0.05) is 24.3 Å². The van der Waals surface area contributed by atoms with Crippen LogP contribution in [-0.2, 0) is 16.8 Å². The Hall–Kier alpha value is -2.66. The molecule has 4 rings (SSSR count).